The van der Waals surface area contributed by atoms with Crippen LogP contribution in [0.5, 0.6) is 0 Å². The zero-order chi connectivity index (χ0) is 19.9. The van der Waals surface area contributed by atoms with Gasteiger partial charge in [0.1, 0.15) is 6.61 Å². The maximum atomic E-state index is 12.7. The van der Waals surface area contributed by atoms with Gasteiger partial charge in [0, 0.05) is 24.5 Å². The van der Waals surface area contributed by atoms with Gasteiger partial charge < -0.3 is 10.2 Å². The first-order valence-electron chi connectivity index (χ1n) is 9.25. The van der Waals surface area contributed by atoms with E-state index < -0.39 is 0 Å². The Bertz CT molecular complexity index is 974. The lowest BCUT2D eigenvalue weighted by Gasteiger charge is -2.11. The number of aryl methyl sites for hydroxylation is 2. The summed E-state index contributed by atoms with van der Waals surface area (Å²) in [6.07, 6.45) is 4.34. The van der Waals surface area contributed by atoms with E-state index in [1.165, 1.54) is 0 Å². The Balaban J connectivity index is 1.79. The average molecular weight is 376 g/mol. The van der Waals surface area contributed by atoms with Crippen LogP contribution in [0.1, 0.15) is 35.0 Å². The summed E-state index contributed by atoms with van der Waals surface area (Å²) in [5.41, 5.74) is 4.92. The number of hydrogen-bond acceptors (Lipinski definition) is 4. The second kappa shape index (κ2) is 8.99. The number of aromatic nitrogens is 2. The van der Waals surface area contributed by atoms with Crippen LogP contribution in [0.2, 0.25) is 0 Å². The van der Waals surface area contributed by atoms with Gasteiger partial charge in [0.05, 0.1) is 17.5 Å². The van der Waals surface area contributed by atoms with Gasteiger partial charge in [0.15, 0.2) is 0 Å². The molecule has 3 rings (SSSR count). The lowest BCUT2D eigenvalue weighted by Crippen LogP contribution is -2.13. The van der Waals surface area contributed by atoms with Gasteiger partial charge in [-0.05, 0) is 30.5 Å². The summed E-state index contributed by atoms with van der Waals surface area (Å²) in [4.78, 5) is 17.8. The molecular weight excluding hydrogens is 352 g/mol. The van der Waals surface area contributed by atoms with Crippen LogP contribution in [0.25, 0.3) is 11.1 Å². The SMILES string of the molecule is CCCO/N=C\c1ccc(-c2ccccc2NC(=O)c2cn(C)nc2C)cc1. The molecule has 6 nitrogen and oxygen atoms in total. The fourth-order valence-electron chi connectivity index (χ4n) is 2.85. The first kappa shape index (κ1) is 19.4. The molecule has 0 aliphatic carbocycles. The minimum absolute atomic E-state index is 0.171. The molecule has 0 aliphatic heterocycles. The molecule has 0 bridgehead atoms. The third-order valence-corrected chi connectivity index (χ3v) is 4.23. The van der Waals surface area contributed by atoms with E-state index in [-0.39, 0.29) is 5.91 Å². The van der Waals surface area contributed by atoms with E-state index in [2.05, 4.69) is 15.6 Å². The van der Waals surface area contributed by atoms with Crippen LogP contribution in [0, 0.1) is 6.92 Å². The van der Waals surface area contributed by atoms with Gasteiger partial charge in [-0.25, -0.2) is 0 Å². The molecule has 1 amide bonds. The van der Waals surface area contributed by atoms with Gasteiger partial charge in [-0.2, -0.15) is 5.10 Å². The highest BCUT2D eigenvalue weighted by Gasteiger charge is 2.14. The summed E-state index contributed by atoms with van der Waals surface area (Å²) < 4.78 is 1.64. The molecule has 0 saturated heterocycles. The largest absolute Gasteiger partial charge is 0.396 e. The molecule has 144 valence electrons. The molecule has 1 heterocycles. The monoisotopic (exact) mass is 376 g/mol. The number of carbonyl (C=O) groups excluding carboxylic acids is 1. The van der Waals surface area contributed by atoms with Crippen LogP contribution in [0.15, 0.2) is 59.9 Å². The standard InChI is InChI=1S/C22H24N4O2/c1-4-13-28-23-14-17-9-11-18(12-10-17)19-7-5-6-8-21(19)24-22(27)20-15-26(3)25-16(20)2/h5-12,14-15H,4,13H2,1-3H3,(H,24,27)/b23-14-. The summed E-state index contributed by atoms with van der Waals surface area (Å²) in [6, 6.07) is 15.7. The van der Waals surface area contributed by atoms with Crippen molar-refractivity contribution in [2.75, 3.05) is 11.9 Å². The van der Waals surface area contributed by atoms with Gasteiger partial charge in [-0.3, -0.25) is 9.48 Å². The van der Waals surface area contributed by atoms with Crippen molar-refractivity contribution in [1.82, 2.24) is 9.78 Å². The first-order valence-corrected chi connectivity index (χ1v) is 9.25. The van der Waals surface area contributed by atoms with Crippen molar-refractivity contribution in [3.63, 3.8) is 0 Å². The molecule has 6 heteroatoms. The highest BCUT2D eigenvalue weighted by molar-refractivity contribution is 6.06. The quantitative estimate of drug-likeness (QED) is 0.377. The number of nitrogens with zero attached hydrogens (tertiary/aromatic N) is 3. The molecule has 0 radical (unpaired) electrons. The fourth-order valence-corrected chi connectivity index (χ4v) is 2.85. The van der Waals surface area contributed by atoms with Crippen molar-refractivity contribution in [2.24, 2.45) is 12.2 Å². The molecule has 0 aliphatic rings. The van der Waals surface area contributed by atoms with Crippen LogP contribution >= 0.6 is 0 Å². The smallest absolute Gasteiger partial charge is 0.259 e. The van der Waals surface area contributed by atoms with Crippen LogP contribution in [0.3, 0.4) is 0 Å². The van der Waals surface area contributed by atoms with E-state index in [0.717, 1.165) is 28.8 Å². The van der Waals surface area contributed by atoms with E-state index in [1.54, 1.807) is 24.1 Å². The van der Waals surface area contributed by atoms with Crippen LogP contribution < -0.4 is 5.32 Å². The molecule has 0 fully saturated rings. The third kappa shape index (κ3) is 4.65. The number of oxime groups is 1. The molecule has 0 saturated carbocycles. The van der Waals surface area contributed by atoms with Crippen molar-refractivity contribution in [1.29, 1.82) is 0 Å². The number of nitrogens with one attached hydrogen (secondary N) is 1. The number of anilines is 1. The number of rotatable bonds is 7. The lowest BCUT2D eigenvalue weighted by molar-refractivity contribution is 0.102. The molecule has 0 unspecified atom stereocenters. The van der Waals surface area contributed by atoms with E-state index in [9.17, 15) is 4.79 Å². The number of hydrogen-bond donors (Lipinski definition) is 1. The molecular formula is C22H24N4O2. The Hall–Kier alpha value is -3.41. The predicted molar refractivity (Wildman–Crippen MR) is 112 cm³/mol. The number of para-hydroxylation sites is 1. The highest BCUT2D eigenvalue weighted by Crippen LogP contribution is 2.28. The maximum Gasteiger partial charge on any atom is 0.259 e. The summed E-state index contributed by atoms with van der Waals surface area (Å²) in [5.74, 6) is -0.171. The topological polar surface area (TPSA) is 68.5 Å². The number of amides is 1. The molecule has 3 aromatic rings. The first-order chi connectivity index (χ1) is 13.6. The van der Waals surface area contributed by atoms with Crippen LogP contribution in [0.4, 0.5) is 5.69 Å². The van der Waals surface area contributed by atoms with Crippen molar-refractivity contribution in [3.8, 4) is 11.1 Å². The van der Waals surface area contributed by atoms with Gasteiger partial charge in [0.2, 0.25) is 0 Å². The Kier molecular flexibility index (Phi) is 6.22. The molecule has 2 aromatic carbocycles. The predicted octanol–water partition coefficient (Wildman–Crippen LogP) is 4.41. The zero-order valence-electron chi connectivity index (χ0n) is 16.3. The summed E-state index contributed by atoms with van der Waals surface area (Å²) in [6.45, 7) is 4.47. The van der Waals surface area contributed by atoms with E-state index in [1.807, 2.05) is 62.4 Å². The van der Waals surface area contributed by atoms with Crippen LogP contribution in [-0.2, 0) is 11.9 Å². The van der Waals surface area contributed by atoms with Gasteiger partial charge in [-0.15, -0.1) is 0 Å². The van der Waals surface area contributed by atoms with Gasteiger partial charge in [0.25, 0.3) is 5.91 Å². The summed E-state index contributed by atoms with van der Waals surface area (Å²) >= 11 is 0. The Morgan fingerprint density at radius 1 is 1.21 bits per heavy atom. The fraction of sp³-hybridized carbons (Fsp3) is 0.227. The normalized spacial score (nSPS) is 11.0. The van der Waals surface area contributed by atoms with Crippen molar-refractivity contribution < 1.29 is 9.63 Å². The molecule has 1 N–H and O–H groups in total. The Labute approximate surface area is 164 Å². The van der Waals surface area contributed by atoms with Crippen LogP contribution in [-0.4, -0.2) is 28.5 Å². The minimum Gasteiger partial charge on any atom is -0.396 e. The Morgan fingerprint density at radius 2 is 1.96 bits per heavy atom. The maximum absolute atomic E-state index is 12.7. The second-order valence-corrected chi connectivity index (χ2v) is 6.49. The zero-order valence-corrected chi connectivity index (χ0v) is 16.3. The lowest BCUT2D eigenvalue weighted by atomic mass is 10.0. The molecule has 28 heavy (non-hydrogen) atoms. The Morgan fingerprint density at radius 3 is 2.64 bits per heavy atom. The highest BCUT2D eigenvalue weighted by atomic mass is 16.6. The number of carbonyl (C=O) groups is 1. The third-order valence-electron chi connectivity index (χ3n) is 4.23. The van der Waals surface area contributed by atoms with Crippen molar-refractivity contribution in [2.45, 2.75) is 20.3 Å². The van der Waals surface area contributed by atoms with E-state index in [4.69, 9.17) is 4.84 Å². The minimum atomic E-state index is -0.171. The molecule has 1 aromatic heterocycles. The van der Waals surface area contributed by atoms with Gasteiger partial charge >= 0.3 is 0 Å². The summed E-state index contributed by atoms with van der Waals surface area (Å²) in [5, 5.41) is 11.2. The second-order valence-electron chi connectivity index (χ2n) is 6.49. The van der Waals surface area contributed by atoms with Crippen molar-refractivity contribution in [3.05, 3.63) is 71.5 Å². The number of benzene rings is 2. The summed E-state index contributed by atoms with van der Waals surface area (Å²) in [7, 11) is 1.80. The van der Waals surface area contributed by atoms with Crippen molar-refractivity contribution >= 4 is 17.8 Å². The molecule has 0 spiro atoms. The van der Waals surface area contributed by atoms with E-state index in [0.29, 0.717) is 17.9 Å². The average Bonchev–Trinajstić information content (AvgIpc) is 3.04. The molecule has 0 atom stereocenters. The van der Waals surface area contributed by atoms with Gasteiger partial charge in [-0.1, -0.05) is 54.5 Å². The van der Waals surface area contributed by atoms with E-state index >= 15 is 0 Å².